The number of nitrogens with zero attached hydrogens (tertiary/aromatic N) is 1. The second kappa shape index (κ2) is 6.62. The number of urea groups is 1. The van der Waals surface area contributed by atoms with Crippen LogP contribution < -0.4 is 5.32 Å². The van der Waals surface area contributed by atoms with E-state index in [4.69, 9.17) is 5.11 Å². The minimum Gasteiger partial charge on any atom is -0.481 e. The molecule has 1 aliphatic heterocycles. The van der Waals surface area contributed by atoms with E-state index < -0.39 is 47.3 Å². The van der Waals surface area contributed by atoms with Crippen molar-refractivity contribution in [2.24, 2.45) is 5.92 Å². The molecule has 1 aromatic carbocycles. The van der Waals surface area contributed by atoms with Gasteiger partial charge in [-0.2, -0.15) is 13.2 Å². The molecule has 24 heavy (non-hydrogen) atoms. The molecule has 1 heterocycles. The van der Waals surface area contributed by atoms with Crippen LogP contribution >= 0.6 is 0 Å². The lowest BCUT2D eigenvalue weighted by molar-refractivity contribution is -0.156. The smallest absolute Gasteiger partial charge is 0.413 e. The fourth-order valence-electron chi connectivity index (χ4n) is 2.44. The van der Waals surface area contributed by atoms with Crippen LogP contribution in [0.5, 0.6) is 0 Å². The van der Waals surface area contributed by atoms with E-state index in [1.807, 2.05) is 0 Å². The predicted octanol–water partition coefficient (Wildman–Crippen LogP) is 2.68. The van der Waals surface area contributed by atoms with E-state index >= 15 is 0 Å². The van der Waals surface area contributed by atoms with Gasteiger partial charge < -0.3 is 15.3 Å². The molecule has 2 rings (SSSR count). The number of carbonyl (C=O) groups excluding carboxylic acids is 1. The molecule has 0 aliphatic carbocycles. The second-order valence-electron chi connectivity index (χ2n) is 5.34. The van der Waals surface area contributed by atoms with Gasteiger partial charge in [-0.25, -0.2) is 13.6 Å². The molecule has 1 aliphatic rings. The Bertz CT molecular complexity index is 650. The first-order valence-corrected chi connectivity index (χ1v) is 6.90. The van der Waals surface area contributed by atoms with Gasteiger partial charge in [-0.3, -0.25) is 4.79 Å². The number of carboxylic acid groups (broad SMARTS) is 1. The van der Waals surface area contributed by atoms with E-state index in [-0.39, 0.29) is 19.5 Å². The van der Waals surface area contributed by atoms with Crippen LogP contribution in [0.2, 0.25) is 0 Å². The third-order valence-corrected chi connectivity index (χ3v) is 3.71. The summed E-state index contributed by atoms with van der Waals surface area (Å²) in [5.74, 6) is -5.20. The van der Waals surface area contributed by atoms with Gasteiger partial charge in [0.05, 0.1) is 5.92 Å². The number of carboxylic acids is 1. The molecule has 5 nitrogen and oxygen atoms in total. The van der Waals surface area contributed by atoms with E-state index in [0.29, 0.717) is 6.07 Å². The molecule has 0 radical (unpaired) electrons. The zero-order valence-corrected chi connectivity index (χ0v) is 12.1. The minimum atomic E-state index is -5.06. The molecule has 2 unspecified atom stereocenters. The van der Waals surface area contributed by atoms with Crippen molar-refractivity contribution in [2.75, 3.05) is 13.1 Å². The molecule has 132 valence electrons. The number of hydrogen-bond acceptors (Lipinski definition) is 2. The van der Waals surface area contributed by atoms with Crippen LogP contribution in [0.25, 0.3) is 0 Å². The molecule has 10 heteroatoms. The number of likely N-dealkylation sites (tertiary alicyclic amines) is 1. The molecule has 1 fully saturated rings. The lowest BCUT2D eigenvalue weighted by atomic mass is 10.1. The van der Waals surface area contributed by atoms with Gasteiger partial charge in [-0.15, -0.1) is 0 Å². The summed E-state index contributed by atoms with van der Waals surface area (Å²) in [6.07, 6.45) is -4.95. The molecule has 2 amide bonds. The van der Waals surface area contributed by atoms with Gasteiger partial charge in [0, 0.05) is 18.7 Å². The fraction of sp³-hybridized carbons (Fsp3) is 0.429. The first-order chi connectivity index (χ1) is 11.1. The number of carbonyl (C=O) groups is 2. The first-order valence-electron chi connectivity index (χ1n) is 6.90. The maximum absolute atomic E-state index is 13.7. The van der Waals surface area contributed by atoms with Crippen LogP contribution in [0.15, 0.2) is 18.2 Å². The monoisotopic (exact) mass is 352 g/mol. The zero-order valence-electron chi connectivity index (χ0n) is 12.1. The summed E-state index contributed by atoms with van der Waals surface area (Å²) in [4.78, 5) is 23.7. The number of alkyl halides is 3. The topological polar surface area (TPSA) is 69.6 Å². The summed E-state index contributed by atoms with van der Waals surface area (Å²) in [5, 5.41) is 10.4. The lowest BCUT2D eigenvalue weighted by Gasteiger charge is -2.25. The van der Waals surface area contributed by atoms with Crippen molar-refractivity contribution in [3.63, 3.8) is 0 Å². The van der Waals surface area contributed by atoms with Crippen molar-refractivity contribution >= 4 is 12.0 Å². The summed E-state index contributed by atoms with van der Waals surface area (Å²) in [5.41, 5.74) is -1.05. The van der Waals surface area contributed by atoms with Crippen molar-refractivity contribution < 1.29 is 36.6 Å². The number of nitrogens with one attached hydrogen (secondary N) is 1. The van der Waals surface area contributed by atoms with Gasteiger partial charge in [0.15, 0.2) is 17.7 Å². The summed E-state index contributed by atoms with van der Waals surface area (Å²) in [6.45, 7) is -0.295. The number of aliphatic carboxylic acids is 1. The Hall–Kier alpha value is -2.39. The van der Waals surface area contributed by atoms with Crippen LogP contribution in [0, 0.1) is 17.6 Å². The molecule has 0 bridgehead atoms. The van der Waals surface area contributed by atoms with Gasteiger partial charge >= 0.3 is 18.2 Å². The number of rotatable bonds is 3. The maximum Gasteiger partial charge on any atom is 0.413 e. The summed E-state index contributed by atoms with van der Waals surface area (Å²) >= 11 is 0. The molecule has 2 atom stereocenters. The van der Waals surface area contributed by atoms with Gasteiger partial charge in [0.1, 0.15) is 0 Å². The highest BCUT2D eigenvalue weighted by Gasteiger charge is 2.45. The Labute approximate surface area is 133 Å². The molecule has 0 aromatic heterocycles. The maximum atomic E-state index is 13.7. The highest BCUT2D eigenvalue weighted by atomic mass is 19.4. The summed E-state index contributed by atoms with van der Waals surface area (Å²) in [7, 11) is 0. The van der Waals surface area contributed by atoms with Crippen LogP contribution in [-0.2, 0) is 4.79 Å². The van der Waals surface area contributed by atoms with Gasteiger partial charge in [0.25, 0.3) is 0 Å². The van der Waals surface area contributed by atoms with Crippen molar-refractivity contribution in [2.45, 2.75) is 18.6 Å². The molecule has 1 saturated heterocycles. The third-order valence-electron chi connectivity index (χ3n) is 3.71. The van der Waals surface area contributed by atoms with E-state index in [1.54, 1.807) is 5.32 Å². The van der Waals surface area contributed by atoms with E-state index in [1.165, 1.54) is 0 Å². The van der Waals surface area contributed by atoms with Crippen molar-refractivity contribution in [3.8, 4) is 0 Å². The van der Waals surface area contributed by atoms with Crippen LogP contribution in [-0.4, -0.2) is 41.3 Å². The standard InChI is InChI=1S/C14H13F5N2O3/c15-9-3-1-2-8(10(9)16)11(14(17,18)19)20-13(24)21-5-4-7(6-21)12(22)23/h1-3,7,11H,4-6H2,(H,20,24)(H,22,23). The molecular weight excluding hydrogens is 339 g/mol. The Balaban J connectivity index is 2.20. The average molecular weight is 352 g/mol. The average Bonchev–Trinajstić information content (AvgIpc) is 2.97. The highest BCUT2D eigenvalue weighted by molar-refractivity contribution is 5.77. The number of hydrogen-bond donors (Lipinski definition) is 2. The fourth-order valence-corrected chi connectivity index (χ4v) is 2.44. The molecular formula is C14H13F5N2O3. The Morgan fingerprint density at radius 1 is 1.29 bits per heavy atom. The van der Waals surface area contributed by atoms with Gasteiger partial charge in [0.2, 0.25) is 0 Å². The quantitative estimate of drug-likeness (QED) is 0.822. The SMILES string of the molecule is O=C(O)C1CCN(C(=O)NC(c2cccc(F)c2F)C(F)(F)F)C1. The van der Waals surface area contributed by atoms with E-state index in [2.05, 4.69) is 0 Å². The van der Waals surface area contributed by atoms with Crippen molar-refractivity contribution in [1.82, 2.24) is 10.2 Å². The van der Waals surface area contributed by atoms with Crippen molar-refractivity contribution in [3.05, 3.63) is 35.4 Å². The van der Waals surface area contributed by atoms with Gasteiger partial charge in [-0.05, 0) is 12.5 Å². The number of halogens is 5. The Kier molecular flexibility index (Phi) is 4.95. The molecule has 2 N–H and O–H groups in total. The molecule has 1 aromatic rings. The predicted molar refractivity (Wildman–Crippen MR) is 71.0 cm³/mol. The summed E-state index contributed by atoms with van der Waals surface area (Å²) in [6, 6.07) is -1.66. The number of amides is 2. The van der Waals surface area contributed by atoms with Crippen LogP contribution in [0.1, 0.15) is 18.0 Å². The summed E-state index contributed by atoms with van der Waals surface area (Å²) < 4.78 is 66.3. The zero-order chi connectivity index (χ0) is 18.1. The Morgan fingerprint density at radius 2 is 1.96 bits per heavy atom. The van der Waals surface area contributed by atoms with E-state index in [0.717, 1.165) is 17.0 Å². The minimum absolute atomic E-state index is 0.0426. The van der Waals surface area contributed by atoms with Gasteiger partial charge in [-0.1, -0.05) is 12.1 Å². The third kappa shape index (κ3) is 3.74. The Morgan fingerprint density at radius 3 is 2.50 bits per heavy atom. The lowest BCUT2D eigenvalue weighted by Crippen LogP contribution is -2.45. The largest absolute Gasteiger partial charge is 0.481 e. The first kappa shape index (κ1) is 18.0. The second-order valence-corrected chi connectivity index (χ2v) is 5.34. The highest BCUT2D eigenvalue weighted by Crippen LogP contribution is 2.35. The normalized spacial score (nSPS) is 19.2. The van der Waals surface area contributed by atoms with Crippen LogP contribution in [0.3, 0.4) is 0 Å². The van der Waals surface area contributed by atoms with Crippen LogP contribution in [0.4, 0.5) is 26.7 Å². The van der Waals surface area contributed by atoms with Crippen molar-refractivity contribution in [1.29, 1.82) is 0 Å². The van der Waals surface area contributed by atoms with E-state index in [9.17, 15) is 31.5 Å². The molecule has 0 spiro atoms. The molecule has 0 saturated carbocycles. The number of benzene rings is 1.